The van der Waals surface area contributed by atoms with Crippen LogP contribution >= 0.6 is 11.3 Å². The third kappa shape index (κ3) is 3.20. The summed E-state index contributed by atoms with van der Waals surface area (Å²) in [7, 11) is 3.11. The van der Waals surface area contributed by atoms with Gasteiger partial charge in [0.2, 0.25) is 0 Å². The van der Waals surface area contributed by atoms with Crippen molar-refractivity contribution in [3.63, 3.8) is 0 Å². The van der Waals surface area contributed by atoms with Crippen molar-refractivity contribution >= 4 is 37.7 Å². The first-order valence-corrected chi connectivity index (χ1v) is 9.83. The molecule has 0 atom stereocenters. The molecule has 0 amide bonds. The lowest BCUT2D eigenvalue weighted by Crippen LogP contribution is -2.24. The van der Waals surface area contributed by atoms with Crippen LogP contribution in [0.3, 0.4) is 0 Å². The predicted molar refractivity (Wildman–Crippen MR) is 105 cm³/mol. The summed E-state index contributed by atoms with van der Waals surface area (Å²) in [6.45, 7) is 14.6. The Morgan fingerprint density at radius 3 is 2.60 bits per heavy atom. The second-order valence-corrected chi connectivity index (χ2v) is 9.34. The number of ether oxygens (including phenoxy) is 2. The molecule has 0 saturated heterocycles. The fourth-order valence-corrected chi connectivity index (χ4v) is 5.05. The Bertz CT molecular complexity index is 827. The fourth-order valence-electron chi connectivity index (χ4n) is 3.79. The topological polar surface area (TPSA) is 27.7 Å². The summed E-state index contributed by atoms with van der Waals surface area (Å²) < 4.78 is 18.7. The molecule has 0 spiro atoms. The summed E-state index contributed by atoms with van der Waals surface area (Å²) in [6.07, 6.45) is 0. The molecular formula is C20H25O3SSi. The van der Waals surface area contributed by atoms with Gasteiger partial charge in [-0.3, -0.25) is 0 Å². The number of benzene rings is 1. The fraction of sp³-hybridized carbons (Fsp3) is 0.500. The monoisotopic (exact) mass is 373 g/mol. The van der Waals surface area contributed by atoms with Gasteiger partial charge >= 0.3 is 10.5 Å². The van der Waals surface area contributed by atoms with Crippen molar-refractivity contribution in [3.8, 4) is 11.5 Å². The summed E-state index contributed by atoms with van der Waals surface area (Å²) in [5.74, 6) is 2.64. The lowest BCUT2D eigenvalue weighted by Gasteiger charge is -2.30. The van der Waals surface area contributed by atoms with Gasteiger partial charge in [0.25, 0.3) is 0 Å². The maximum Gasteiger partial charge on any atom is 0.341 e. The molecule has 0 N–H and O–H groups in total. The minimum Gasteiger partial charge on any atom is -0.540 e. The van der Waals surface area contributed by atoms with E-state index in [0.29, 0.717) is 13.2 Å². The molecule has 0 unspecified atom stereocenters. The Kier molecular flexibility index (Phi) is 4.66. The van der Waals surface area contributed by atoms with E-state index in [1.54, 1.807) is 11.3 Å². The summed E-state index contributed by atoms with van der Waals surface area (Å²) in [5.41, 5.74) is 1.39. The van der Waals surface area contributed by atoms with E-state index in [1.165, 1.54) is 10.3 Å². The van der Waals surface area contributed by atoms with Gasteiger partial charge in [-0.2, -0.15) is 0 Å². The molecule has 2 aromatic rings. The normalized spacial score (nSPS) is 17.1. The summed E-state index contributed by atoms with van der Waals surface area (Å²) in [6, 6.07) is 6.02. The van der Waals surface area contributed by atoms with Crippen LogP contribution in [0.15, 0.2) is 23.8 Å². The first kappa shape index (κ1) is 18.3. The van der Waals surface area contributed by atoms with Crippen molar-refractivity contribution in [2.24, 2.45) is 10.8 Å². The van der Waals surface area contributed by atoms with E-state index < -0.39 is 0 Å². The number of thiophene rings is 1. The average Bonchev–Trinajstić information content (AvgIpc) is 3.04. The molecule has 2 heterocycles. The summed E-state index contributed by atoms with van der Waals surface area (Å²) in [5, 5.41) is 1.06. The molecule has 133 valence electrons. The van der Waals surface area contributed by atoms with Crippen molar-refractivity contribution in [1.82, 2.24) is 0 Å². The van der Waals surface area contributed by atoms with Crippen molar-refractivity contribution in [2.45, 2.75) is 41.5 Å². The summed E-state index contributed by atoms with van der Waals surface area (Å²) >= 11 is 1.72. The molecule has 5 heteroatoms. The van der Waals surface area contributed by atoms with Crippen molar-refractivity contribution in [1.29, 1.82) is 0 Å². The Labute approximate surface area is 157 Å². The Morgan fingerprint density at radius 2 is 2.00 bits per heavy atom. The minimum atomic E-state index is 0.0110. The molecule has 1 aliphatic heterocycles. The van der Waals surface area contributed by atoms with E-state index >= 15 is 0 Å². The summed E-state index contributed by atoms with van der Waals surface area (Å²) in [4.78, 5) is 1.08. The smallest absolute Gasteiger partial charge is 0.341 e. The van der Waals surface area contributed by atoms with Gasteiger partial charge in [0.15, 0.2) is 0 Å². The molecule has 0 saturated carbocycles. The molecular weight excluding hydrogens is 348 g/mol. The van der Waals surface area contributed by atoms with Gasteiger partial charge in [0.1, 0.15) is 22.1 Å². The molecule has 3 radical (unpaired) electrons. The zero-order chi connectivity index (χ0) is 18.4. The van der Waals surface area contributed by atoms with Gasteiger partial charge in [0.05, 0.1) is 13.2 Å². The van der Waals surface area contributed by atoms with Crippen LogP contribution < -0.4 is 9.16 Å². The first-order valence-electron chi connectivity index (χ1n) is 8.60. The van der Waals surface area contributed by atoms with Crippen LogP contribution in [0, 0.1) is 10.8 Å². The number of hydrogen-bond acceptors (Lipinski definition) is 4. The van der Waals surface area contributed by atoms with Crippen LogP contribution in [0.4, 0.5) is 0 Å². The molecule has 3 rings (SSSR count). The highest BCUT2D eigenvalue weighted by Gasteiger charge is 2.42. The van der Waals surface area contributed by atoms with Crippen LogP contribution in [0.1, 0.15) is 46.4 Å². The molecule has 25 heavy (non-hydrogen) atoms. The standard InChI is InChI=1S/C20H25O3SSi/c1-7-21-15-13-10-12(23-25)8-9-14(13)24-17(15)16-18(19(2,3)4)20(5,6)11-22-16/h8-10H,7,11H2,1-6H3. The van der Waals surface area contributed by atoms with Crippen molar-refractivity contribution < 1.29 is 13.9 Å². The second-order valence-electron chi connectivity index (χ2n) is 8.08. The van der Waals surface area contributed by atoms with Gasteiger partial charge in [-0.05, 0) is 36.1 Å². The quantitative estimate of drug-likeness (QED) is 0.655. The highest BCUT2D eigenvalue weighted by Crippen LogP contribution is 2.54. The zero-order valence-electron chi connectivity index (χ0n) is 15.8. The average molecular weight is 374 g/mol. The Hall–Kier alpha value is -1.46. The molecule has 0 fully saturated rings. The number of rotatable bonds is 4. The number of hydrogen-bond donors (Lipinski definition) is 0. The van der Waals surface area contributed by atoms with Gasteiger partial charge in [-0.15, -0.1) is 11.3 Å². The highest BCUT2D eigenvalue weighted by molar-refractivity contribution is 7.20. The maximum atomic E-state index is 6.24. The van der Waals surface area contributed by atoms with Crippen molar-refractivity contribution in [2.75, 3.05) is 13.2 Å². The van der Waals surface area contributed by atoms with E-state index in [1.807, 2.05) is 19.1 Å². The van der Waals surface area contributed by atoms with E-state index in [0.717, 1.165) is 27.5 Å². The van der Waals surface area contributed by atoms with Gasteiger partial charge in [-0.1, -0.05) is 34.6 Å². The third-order valence-corrected chi connectivity index (χ3v) is 5.84. The van der Waals surface area contributed by atoms with E-state index in [-0.39, 0.29) is 10.8 Å². The third-order valence-electron chi connectivity index (χ3n) is 4.46. The van der Waals surface area contributed by atoms with Crippen molar-refractivity contribution in [3.05, 3.63) is 28.6 Å². The van der Waals surface area contributed by atoms with Gasteiger partial charge in [-0.25, -0.2) is 0 Å². The molecule has 1 aromatic carbocycles. The largest absolute Gasteiger partial charge is 0.540 e. The molecule has 3 nitrogen and oxygen atoms in total. The lowest BCUT2D eigenvalue weighted by atomic mass is 9.71. The van der Waals surface area contributed by atoms with E-state index in [4.69, 9.17) is 13.9 Å². The molecule has 0 bridgehead atoms. The van der Waals surface area contributed by atoms with Crippen LogP contribution in [0.25, 0.3) is 15.8 Å². The Morgan fingerprint density at radius 1 is 1.28 bits per heavy atom. The highest BCUT2D eigenvalue weighted by atomic mass is 32.1. The molecule has 1 aromatic heterocycles. The first-order chi connectivity index (χ1) is 11.7. The van der Waals surface area contributed by atoms with Gasteiger partial charge < -0.3 is 13.9 Å². The zero-order valence-corrected chi connectivity index (χ0v) is 17.6. The second kappa shape index (κ2) is 6.36. The van der Waals surface area contributed by atoms with Crippen LogP contribution in [-0.2, 0) is 4.74 Å². The Balaban J connectivity index is 2.29. The van der Waals surface area contributed by atoms with Crippen LogP contribution in [0.2, 0.25) is 0 Å². The molecule has 1 aliphatic rings. The van der Waals surface area contributed by atoms with E-state index in [9.17, 15) is 0 Å². The SMILES string of the molecule is CCOc1c(C2=C(C(C)(C)C)C(C)(C)CO2)sc2ccc(O[Si])cc12. The lowest BCUT2D eigenvalue weighted by molar-refractivity contribution is 0.213. The minimum absolute atomic E-state index is 0.0110. The van der Waals surface area contributed by atoms with Crippen LogP contribution in [-0.4, -0.2) is 23.7 Å². The maximum absolute atomic E-state index is 6.24. The molecule has 0 aliphatic carbocycles. The van der Waals surface area contributed by atoms with E-state index in [2.05, 4.69) is 51.2 Å². The van der Waals surface area contributed by atoms with Gasteiger partial charge in [0, 0.05) is 15.5 Å². The van der Waals surface area contributed by atoms with Crippen LogP contribution in [0.5, 0.6) is 11.5 Å². The number of fused-ring (bicyclic) bond motifs is 1. The predicted octanol–water partition coefficient (Wildman–Crippen LogP) is 5.58.